The Balaban J connectivity index is 1.76. The SMILES string of the molecule is Cc1ccc(C(=O)OCc2nc(N)c3ccccc3n2)cc1. The number of carbonyl (C=O) groups is 1. The number of rotatable bonds is 3. The van der Waals surface area contributed by atoms with E-state index in [0.29, 0.717) is 17.2 Å². The number of esters is 1. The Bertz CT molecular complexity index is 829. The van der Waals surface area contributed by atoms with Gasteiger partial charge < -0.3 is 10.5 Å². The van der Waals surface area contributed by atoms with Crippen molar-refractivity contribution in [1.82, 2.24) is 9.97 Å². The van der Waals surface area contributed by atoms with Gasteiger partial charge in [-0.25, -0.2) is 14.8 Å². The van der Waals surface area contributed by atoms with Gasteiger partial charge in [-0.05, 0) is 31.2 Å². The third-order valence-corrected chi connectivity index (χ3v) is 3.30. The topological polar surface area (TPSA) is 78.1 Å². The second kappa shape index (κ2) is 5.81. The molecule has 0 saturated heterocycles. The average Bonchev–Trinajstić information content (AvgIpc) is 2.53. The van der Waals surface area contributed by atoms with Crippen LogP contribution in [0.25, 0.3) is 10.9 Å². The first kappa shape index (κ1) is 14.0. The van der Waals surface area contributed by atoms with E-state index in [4.69, 9.17) is 10.5 Å². The zero-order valence-corrected chi connectivity index (χ0v) is 12.1. The fraction of sp³-hybridized carbons (Fsp3) is 0.118. The first-order valence-corrected chi connectivity index (χ1v) is 6.88. The van der Waals surface area contributed by atoms with E-state index in [-0.39, 0.29) is 6.61 Å². The summed E-state index contributed by atoms with van der Waals surface area (Å²) in [7, 11) is 0. The Morgan fingerprint density at radius 2 is 1.82 bits per heavy atom. The summed E-state index contributed by atoms with van der Waals surface area (Å²) >= 11 is 0. The molecule has 0 spiro atoms. The Labute approximate surface area is 127 Å². The summed E-state index contributed by atoms with van der Waals surface area (Å²) in [5.41, 5.74) is 8.22. The number of fused-ring (bicyclic) bond motifs is 1. The van der Waals surface area contributed by atoms with Gasteiger partial charge in [0, 0.05) is 5.39 Å². The van der Waals surface area contributed by atoms with E-state index in [1.54, 1.807) is 12.1 Å². The van der Waals surface area contributed by atoms with Gasteiger partial charge >= 0.3 is 5.97 Å². The molecule has 110 valence electrons. The van der Waals surface area contributed by atoms with E-state index in [1.807, 2.05) is 43.3 Å². The predicted molar refractivity (Wildman–Crippen MR) is 84.2 cm³/mol. The highest BCUT2D eigenvalue weighted by Gasteiger charge is 2.10. The van der Waals surface area contributed by atoms with Gasteiger partial charge in [-0.3, -0.25) is 0 Å². The molecule has 0 aliphatic rings. The van der Waals surface area contributed by atoms with Gasteiger partial charge in [-0.2, -0.15) is 0 Å². The van der Waals surface area contributed by atoms with E-state index < -0.39 is 5.97 Å². The Hall–Kier alpha value is -2.95. The fourth-order valence-corrected chi connectivity index (χ4v) is 2.12. The summed E-state index contributed by atoms with van der Waals surface area (Å²) in [6, 6.07) is 14.6. The van der Waals surface area contributed by atoms with Crippen LogP contribution in [0.5, 0.6) is 0 Å². The van der Waals surface area contributed by atoms with E-state index in [2.05, 4.69) is 9.97 Å². The smallest absolute Gasteiger partial charge is 0.338 e. The van der Waals surface area contributed by atoms with Crippen molar-refractivity contribution < 1.29 is 9.53 Å². The molecular weight excluding hydrogens is 278 g/mol. The van der Waals surface area contributed by atoms with Crippen LogP contribution in [0.2, 0.25) is 0 Å². The molecule has 0 radical (unpaired) electrons. The van der Waals surface area contributed by atoms with Gasteiger partial charge in [-0.1, -0.05) is 29.8 Å². The third kappa shape index (κ3) is 2.88. The van der Waals surface area contributed by atoms with Crippen molar-refractivity contribution in [2.75, 3.05) is 5.73 Å². The highest BCUT2D eigenvalue weighted by Crippen LogP contribution is 2.17. The van der Waals surface area contributed by atoms with Gasteiger partial charge in [-0.15, -0.1) is 0 Å². The summed E-state index contributed by atoms with van der Waals surface area (Å²) in [5, 5.41) is 0.788. The molecule has 5 heteroatoms. The molecule has 22 heavy (non-hydrogen) atoms. The number of carbonyl (C=O) groups excluding carboxylic acids is 1. The molecule has 3 rings (SSSR count). The number of benzene rings is 2. The highest BCUT2D eigenvalue weighted by molar-refractivity contribution is 5.89. The van der Waals surface area contributed by atoms with E-state index in [0.717, 1.165) is 16.5 Å². The molecule has 1 aromatic heterocycles. The monoisotopic (exact) mass is 293 g/mol. The zero-order chi connectivity index (χ0) is 15.5. The first-order valence-electron chi connectivity index (χ1n) is 6.88. The molecular formula is C17H15N3O2. The third-order valence-electron chi connectivity index (χ3n) is 3.30. The van der Waals surface area contributed by atoms with Crippen molar-refractivity contribution >= 4 is 22.7 Å². The lowest BCUT2D eigenvalue weighted by Gasteiger charge is -2.07. The van der Waals surface area contributed by atoms with Crippen molar-refractivity contribution in [1.29, 1.82) is 0 Å². The number of para-hydroxylation sites is 1. The van der Waals surface area contributed by atoms with Crippen LogP contribution in [0.1, 0.15) is 21.7 Å². The van der Waals surface area contributed by atoms with Gasteiger partial charge in [0.1, 0.15) is 5.82 Å². The van der Waals surface area contributed by atoms with Crippen LogP contribution in [-0.2, 0) is 11.3 Å². The fourth-order valence-electron chi connectivity index (χ4n) is 2.12. The molecule has 0 atom stereocenters. The van der Waals surface area contributed by atoms with Crippen LogP contribution in [0.4, 0.5) is 5.82 Å². The van der Waals surface area contributed by atoms with Gasteiger partial charge in [0.05, 0.1) is 11.1 Å². The van der Waals surface area contributed by atoms with Crippen LogP contribution in [0.15, 0.2) is 48.5 Å². The molecule has 0 bridgehead atoms. The maximum atomic E-state index is 12.0. The van der Waals surface area contributed by atoms with Crippen LogP contribution < -0.4 is 5.73 Å². The number of aromatic nitrogens is 2. The lowest BCUT2D eigenvalue weighted by Crippen LogP contribution is -2.08. The summed E-state index contributed by atoms with van der Waals surface area (Å²) in [4.78, 5) is 20.5. The normalized spacial score (nSPS) is 10.6. The molecule has 5 nitrogen and oxygen atoms in total. The maximum Gasteiger partial charge on any atom is 0.338 e. The van der Waals surface area contributed by atoms with Gasteiger partial charge in [0.15, 0.2) is 12.4 Å². The lowest BCUT2D eigenvalue weighted by atomic mass is 10.1. The number of nitrogens with two attached hydrogens (primary N) is 1. The average molecular weight is 293 g/mol. The van der Waals surface area contributed by atoms with E-state index >= 15 is 0 Å². The number of ether oxygens (including phenoxy) is 1. The number of nitrogens with zero attached hydrogens (tertiary/aromatic N) is 2. The molecule has 2 N–H and O–H groups in total. The van der Waals surface area contributed by atoms with Crippen LogP contribution in [0, 0.1) is 6.92 Å². The van der Waals surface area contributed by atoms with Crippen LogP contribution in [-0.4, -0.2) is 15.9 Å². The van der Waals surface area contributed by atoms with Crippen molar-refractivity contribution in [2.24, 2.45) is 0 Å². The summed E-state index contributed by atoms with van der Waals surface area (Å²) in [6.45, 7) is 1.95. The quantitative estimate of drug-likeness (QED) is 0.751. The van der Waals surface area contributed by atoms with Crippen LogP contribution >= 0.6 is 0 Å². The zero-order valence-electron chi connectivity index (χ0n) is 12.1. The molecule has 0 saturated carbocycles. The molecule has 2 aromatic carbocycles. The van der Waals surface area contributed by atoms with E-state index in [9.17, 15) is 4.79 Å². The minimum Gasteiger partial charge on any atom is -0.454 e. The number of hydrogen-bond donors (Lipinski definition) is 1. The van der Waals surface area contributed by atoms with Gasteiger partial charge in [0.2, 0.25) is 0 Å². The van der Waals surface area contributed by atoms with Crippen molar-refractivity contribution in [3.8, 4) is 0 Å². The van der Waals surface area contributed by atoms with E-state index in [1.165, 1.54) is 0 Å². The summed E-state index contributed by atoms with van der Waals surface area (Å²) in [6.07, 6.45) is 0. The standard InChI is InChI=1S/C17H15N3O2/c1-11-6-8-12(9-7-11)17(21)22-10-15-19-14-5-3-2-4-13(14)16(18)20-15/h2-9H,10H2,1H3,(H2,18,19,20). The predicted octanol–water partition coefficient (Wildman–Crippen LogP) is 2.88. The second-order valence-corrected chi connectivity index (χ2v) is 4.98. The molecule has 0 unspecified atom stereocenters. The van der Waals surface area contributed by atoms with Crippen LogP contribution in [0.3, 0.4) is 0 Å². The minimum atomic E-state index is -0.407. The number of hydrogen-bond acceptors (Lipinski definition) is 5. The van der Waals surface area contributed by atoms with Crippen molar-refractivity contribution in [3.05, 3.63) is 65.5 Å². The van der Waals surface area contributed by atoms with Gasteiger partial charge in [0.25, 0.3) is 0 Å². The summed E-state index contributed by atoms with van der Waals surface area (Å²) < 4.78 is 5.24. The Morgan fingerprint density at radius 1 is 1.09 bits per heavy atom. The Morgan fingerprint density at radius 3 is 2.59 bits per heavy atom. The maximum absolute atomic E-state index is 12.0. The molecule has 1 heterocycles. The van der Waals surface area contributed by atoms with Crippen molar-refractivity contribution in [3.63, 3.8) is 0 Å². The molecule has 0 amide bonds. The van der Waals surface area contributed by atoms with Crippen molar-refractivity contribution in [2.45, 2.75) is 13.5 Å². The second-order valence-electron chi connectivity index (χ2n) is 4.98. The minimum absolute atomic E-state index is 0.0122. The largest absolute Gasteiger partial charge is 0.454 e. The number of nitrogen functional groups attached to an aromatic ring is 1. The summed E-state index contributed by atoms with van der Waals surface area (Å²) in [5.74, 6) is 0.360. The first-order chi connectivity index (χ1) is 10.6. The Kier molecular flexibility index (Phi) is 3.70. The molecule has 0 fully saturated rings. The molecule has 3 aromatic rings. The molecule has 0 aliphatic heterocycles. The molecule has 0 aliphatic carbocycles. The lowest BCUT2D eigenvalue weighted by molar-refractivity contribution is 0.0462. The highest BCUT2D eigenvalue weighted by atomic mass is 16.5. The number of anilines is 1. The number of aryl methyl sites for hydroxylation is 1.